The first-order chi connectivity index (χ1) is 17.7. The molecule has 3 aromatic rings. The number of carboxylic acid groups (broad SMARTS) is 1. The van der Waals surface area contributed by atoms with Crippen molar-refractivity contribution in [1.29, 1.82) is 0 Å². The van der Waals surface area contributed by atoms with E-state index in [2.05, 4.69) is 5.32 Å². The van der Waals surface area contributed by atoms with Gasteiger partial charge in [0.25, 0.3) is 0 Å². The largest absolute Gasteiger partial charge is 0.494 e. The van der Waals surface area contributed by atoms with Crippen LogP contribution in [0.3, 0.4) is 0 Å². The number of carbonyl (C=O) groups is 2. The van der Waals surface area contributed by atoms with E-state index in [1.54, 1.807) is 36.1 Å². The molecule has 37 heavy (non-hydrogen) atoms. The van der Waals surface area contributed by atoms with Gasteiger partial charge in [0.1, 0.15) is 11.5 Å². The molecular formula is C30H36N2O5. The highest BCUT2D eigenvalue weighted by atomic mass is 16.5. The molecule has 0 aromatic heterocycles. The Bertz CT molecular complexity index is 1120. The van der Waals surface area contributed by atoms with E-state index in [0.717, 1.165) is 11.1 Å². The zero-order valence-electron chi connectivity index (χ0n) is 21.7. The number of carbonyl (C=O) groups excluding carboxylic acids is 1. The first kappa shape index (κ1) is 27.6. The molecule has 0 fully saturated rings. The van der Waals surface area contributed by atoms with Crippen LogP contribution in [0.2, 0.25) is 0 Å². The minimum absolute atomic E-state index is 0.0571. The van der Waals surface area contributed by atoms with Crippen molar-refractivity contribution < 1.29 is 24.2 Å². The average Bonchev–Trinajstić information content (AvgIpc) is 2.87. The SMILES string of the molecule is CC(C)NC(=O)N(CCCOc1ccc(C[C@](C)(Oc2ccccc2)C(=O)O)cc1)Cc1ccccc1. The molecule has 0 aliphatic heterocycles. The van der Waals surface area contributed by atoms with Crippen molar-refractivity contribution in [3.63, 3.8) is 0 Å². The fraction of sp³-hybridized carbons (Fsp3) is 0.333. The maximum absolute atomic E-state index is 12.7. The average molecular weight is 505 g/mol. The summed E-state index contributed by atoms with van der Waals surface area (Å²) >= 11 is 0. The summed E-state index contributed by atoms with van der Waals surface area (Å²) < 4.78 is 11.7. The number of para-hydroxylation sites is 1. The van der Waals surface area contributed by atoms with Gasteiger partial charge in [0.15, 0.2) is 0 Å². The lowest BCUT2D eigenvalue weighted by atomic mass is 9.96. The number of benzene rings is 3. The molecular weight excluding hydrogens is 468 g/mol. The molecule has 196 valence electrons. The van der Waals surface area contributed by atoms with Gasteiger partial charge in [-0.1, -0.05) is 60.7 Å². The second-order valence-electron chi connectivity index (χ2n) is 9.49. The Morgan fingerprint density at radius 1 is 0.892 bits per heavy atom. The number of aliphatic carboxylic acids is 1. The van der Waals surface area contributed by atoms with Crippen molar-refractivity contribution in [3.8, 4) is 11.5 Å². The highest BCUT2D eigenvalue weighted by molar-refractivity contribution is 5.78. The van der Waals surface area contributed by atoms with Crippen molar-refractivity contribution in [3.05, 3.63) is 96.1 Å². The van der Waals surface area contributed by atoms with Crippen molar-refractivity contribution in [2.45, 2.75) is 51.8 Å². The Morgan fingerprint density at radius 3 is 2.11 bits per heavy atom. The third kappa shape index (κ3) is 8.86. The predicted octanol–water partition coefficient (Wildman–Crippen LogP) is 5.54. The third-order valence-electron chi connectivity index (χ3n) is 5.76. The normalized spacial score (nSPS) is 12.4. The van der Waals surface area contributed by atoms with Gasteiger partial charge in [-0.15, -0.1) is 0 Å². The molecule has 0 aliphatic carbocycles. The topological polar surface area (TPSA) is 88.1 Å². The number of hydrogen-bond donors (Lipinski definition) is 2. The van der Waals surface area contributed by atoms with E-state index >= 15 is 0 Å². The zero-order chi connectivity index (χ0) is 26.7. The molecule has 0 bridgehead atoms. The van der Waals surface area contributed by atoms with Gasteiger partial charge in [-0.2, -0.15) is 0 Å². The van der Waals surface area contributed by atoms with Gasteiger partial charge < -0.3 is 24.8 Å². The summed E-state index contributed by atoms with van der Waals surface area (Å²) in [6, 6.07) is 26.2. The molecule has 2 N–H and O–H groups in total. The lowest BCUT2D eigenvalue weighted by Gasteiger charge is -2.26. The van der Waals surface area contributed by atoms with Crippen LogP contribution in [-0.4, -0.2) is 46.8 Å². The standard InChI is InChI=1S/C30H36N2O5/c1-23(2)31-29(35)32(22-25-11-6-4-7-12-25)19-10-20-36-26-17-15-24(16-18-26)21-30(3,28(33)34)37-27-13-8-5-9-14-27/h4-9,11-18,23H,10,19-22H2,1-3H3,(H,31,35)(H,33,34)/t30-/m0/s1. The van der Waals surface area contributed by atoms with E-state index in [4.69, 9.17) is 9.47 Å². The Balaban J connectivity index is 1.52. The van der Waals surface area contributed by atoms with Gasteiger partial charge in [0, 0.05) is 25.6 Å². The summed E-state index contributed by atoms with van der Waals surface area (Å²) in [5.41, 5.74) is 0.498. The van der Waals surface area contributed by atoms with Crippen LogP contribution in [0.4, 0.5) is 4.79 Å². The maximum atomic E-state index is 12.7. The summed E-state index contributed by atoms with van der Waals surface area (Å²) in [6.45, 7) is 6.99. The van der Waals surface area contributed by atoms with Crippen LogP contribution in [0, 0.1) is 0 Å². The second kappa shape index (κ2) is 13.3. The Morgan fingerprint density at radius 2 is 1.51 bits per heavy atom. The number of ether oxygens (including phenoxy) is 2. The summed E-state index contributed by atoms with van der Waals surface area (Å²) in [7, 11) is 0. The van der Waals surface area contributed by atoms with Crippen LogP contribution in [0.5, 0.6) is 11.5 Å². The van der Waals surface area contributed by atoms with Gasteiger partial charge in [-0.3, -0.25) is 0 Å². The van der Waals surface area contributed by atoms with Gasteiger partial charge >= 0.3 is 12.0 Å². The molecule has 0 saturated carbocycles. The minimum atomic E-state index is -1.40. The van der Waals surface area contributed by atoms with Crippen LogP contribution in [0.15, 0.2) is 84.9 Å². The van der Waals surface area contributed by atoms with Crippen LogP contribution >= 0.6 is 0 Å². The molecule has 7 nitrogen and oxygen atoms in total. The molecule has 0 spiro atoms. The lowest BCUT2D eigenvalue weighted by molar-refractivity contribution is -0.153. The highest BCUT2D eigenvalue weighted by Crippen LogP contribution is 2.24. The monoisotopic (exact) mass is 504 g/mol. The summed E-state index contributed by atoms with van der Waals surface area (Å²) in [4.78, 5) is 26.4. The number of hydrogen-bond acceptors (Lipinski definition) is 4. The fourth-order valence-corrected chi connectivity index (χ4v) is 3.84. The molecule has 0 radical (unpaired) electrons. The zero-order valence-corrected chi connectivity index (χ0v) is 21.7. The summed E-state index contributed by atoms with van der Waals surface area (Å²) in [5.74, 6) is 0.167. The second-order valence-corrected chi connectivity index (χ2v) is 9.49. The van der Waals surface area contributed by atoms with Crippen molar-refractivity contribution in [2.75, 3.05) is 13.2 Å². The molecule has 0 heterocycles. The van der Waals surface area contributed by atoms with Crippen molar-refractivity contribution in [2.24, 2.45) is 0 Å². The van der Waals surface area contributed by atoms with Crippen LogP contribution in [-0.2, 0) is 17.8 Å². The number of carboxylic acids is 1. The lowest BCUT2D eigenvalue weighted by Crippen LogP contribution is -2.43. The molecule has 7 heteroatoms. The van der Waals surface area contributed by atoms with Crippen molar-refractivity contribution >= 4 is 12.0 Å². The number of nitrogens with zero attached hydrogens (tertiary/aromatic N) is 1. The van der Waals surface area contributed by atoms with Crippen molar-refractivity contribution in [1.82, 2.24) is 10.2 Å². The Kier molecular flexibility index (Phi) is 9.95. The molecule has 0 saturated heterocycles. The van der Waals surface area contributed by atoms with Gasteiger partial charge in [0.05, 0.1) is 6.61 Å². The van der Waals surface area contributed by atoms with Gasteiger partial charge in [0.2, 0.25) is 5.60 Å². The van der Waals surface area contributed by atoms with Crippen LogP contribution in [0.25, 0.3) is 0 Å². The van der Waals surface area contributed by atoms with Gasteiger partial charge in [-0.05, 0) is 62.6 Å². The molecule has 0 aliphatic rings. The van der Waals surface area contributed by atoms with E-state index < -0.39 is 11.6 Å². The number of urea groups is 1. The van der Waals surface area contributed by atoms with E-state index in [1.165, 1.54) is 0 Å². The third-order valence-corrected chi connectivity index (χ3v) is 5.76. The summed E-state index contributed by atoms with van der Waals surface area (Å²) in [5, 5.41) is 12.8. The first-order valence-corrected chi connectivity index (χ1v) is 12.5. The number of rotatable bonds is 13. The molecule has 3 aromatic carbocycles. The molecule has 3 rings (SSSR count). The Labute approximate surface area is 219 Å². The summed E-state index contributed by atoms with van der Waals surface area (Å²) in [6.07, 6.45) is 0.874. The molecule has 0 unspecified atom stereocenters. The number of nitrogens with one attached hydrogen (secondary N) is 1. The molecule has 1 atom stereocenters. The van der Waals surface area contributed by atoms with Crippen LogP contribution < -0.4 is 14.8 Å². The van der Waals surface area contributed by atoms with E-state index in [0.29, 0.717) is 37.6 Å². The van der Waals surface area contributed by atoms with Gasteiger partial charge in [-0.25, -0.2) is 9.59 Å². The number of amides is 2. The van der Waals surface area contributed by atoms with E-state index in [9.17, 15) is 14.7 Å². The smallest absolute Gasteiger partial charge is 0.348 e. The maximum Gasteiger partial charge on any atom is 0.348 e. The predicted molar refractivity (Wildman–Crippen MR) is 144 cm³/mol. The Hall–Kier alpha value is -4.00. The fourth-order valence-electron chi connectivity index (χ4n) is 3.84. The van der Waals surface area contributed by atoms with E-state index in [1.807, 2.05) is 74.5 Å². The minimum Gasteiger partial charge on any atom is -0.494 e. The highest BCUT2D eigenvalue weighted by Gasteiger charge is 2.36. The van der Waals surface area contributed by atoms with Crippen LogP contribution in [0.1, 0.15) is 38.3 Å². The quantitative estimate of drug-likeness (QED) is 0.298. The first-order valence-electron chi connectivity index (χ1n) is 12.5. The molecule has 2 amide bonds. The van der Waals surface area contributed by atoms with E-state index in [-0.39, 0.29) is 18.5 Å².